The highest BCUT2D eigenvalue weighted by atomic mass is 16.3. The average Bonchev–Trinajstić information content (AvgIpc) is 2.48. The summed E-state index contributed by atoms with van der Waals surface area (Å²) in [5.41, 5.74) is 7.26. The fraction of sp³-hybridized carbons (Fsp3) is 0.636. The van der Waals surface area contributed by atoms with Crippen LogP contribution < -0.4 is 5.73 Å². The number of nitrogens with two attached hydrogens (primary N) is 1. The normalized spacial score (nSPS) is 26.2. The zero-order valence-corrected chi connectivity index (χ0v) is 8.66. The first-order valence-electron chi connectivity index (χ1n) is 5.23. The molecule has 0 bridgehead atoms. The minimum Gasteiger partial charge on any atom is -0.385 e. The topological polar surface area (TPSA) is 51.2 Å². The van der Waals surface area contributed by atoms with Gasteiger partial charge in [-0.05, 0) is 37.8 Å². The Morgan fingerprint density at radius 2 is 2.36 bits per heavy atom. The zero-order valence-electron chi connectivity index (χ0n) is 8.66. The number of aryl methyl sites for hydroxylation is 2. The molecule has 3 heteroatoms. The van der Waals surface area contributed by atoms with E-state index in [1.54, 1.807) is 0 Å². The van der Waals surface area contributed by atoms with Gasteiger partial charge in [0, 0.05) is 25.0 Å². The summed E-state index contributed by atoms with van der Waals surface area (Å²) >= 11 is 0. The van der Waals surface area contributed by atoms with Crippen LogP contribution in [0, 0.1) is 0 Å². The van der Waals surface area contributed by atoms with Crippen LogP contribution in [0.4, 0.5) is 0 Å². The Morgan fingerprint density at radius 1 is 1.57 bits per heavy atom. The van der Waals surface area contributed by atoms with Crippen LogP contribution in [-0.4, -0.2) is 16.2 Å². The molecule has 0 radical (unpaired) electrons. The Morgan fingerprint density at radius 3 is 3.07 bits per heavy atom. The summed E-state index contributed by atoms with van der Waals surface area (Å²) in [5.74, 6) is 0. The van der Waals surface area contributed by atoms with Gasteiger partial charge in [0.2, 0.25) is 0 Å². The van der Waals surface area contributed by atoms with Crippen LogP contribution in [0.2, 0.25) is 0 Å². The number of rotatable bonds is 2. The molecule has 1 aromatic rings. The van der Waals surface area contributed by atoms with Crippen molar-refractivity contribution in [1.82, 2.24) is 4.57 Å². The summed E-state index contributed by atoms with van der Waals surface area (Å²) in [7, 11) is 2.00. The molecule has 0 spiro atoms. The van der Waals surface area contributed by atoms with Gasteiger partial charge in [-0.2, -0.15) is 0 Å². The van der Waals surface area contributed by atoms with E-state index in [4.69, 9.17) is 5.73 Å². The van der Waals surface area contributed by atoms with Gasteiger partial charge in [0.05, 0.1) is 5.60 Å². The molecule has 3 nitrogen and oxygen atoms in total. The highest BCUT2D eigenvalue weighted by Crippen LogP contribution is 2.37. The number of hydrogen-bond donors (Lipinski definition) is 2. The molecule has 0 amide bonds. The van der Waals surface area contributed by atoms with Crippen LogP contribution in [0.3, 0.4) is 0 Å². The van der Waals surface area contributed by atoms with Gasteiger partial charge in [0.15, 0.2) is 0 Å². The van der Waals surface area contributed by atoms with Crippen molar-refractivity contribution in [3.63, 3.8) is 0 Å². The van der Waals surface area contributed by atoms with Crippen LogP contribution >= 0.6 is 0 Å². The Balaban J connectivity index is 2.38. The van der Waals surface area contributed by atoms with Crippen molar-refractivity contribution in [2.75, 3.05) is 6.54 Å². The molecule has 0 saturated heterocycles. The SMILES string of the molecule is Cn1cc2c(c1)C(O)(CCN)CCC2. The Kier molecular flexibility index (Phi) is 2.37. The minimum absolute atomic E-state index is 0.546. The second-order valence-electron chi connectivity index (χ2n) is 4.29. The maximum Gasteiger partial charge on any atom is 0.0925 e. The second-order valence-corrected chi connectivity index (χ2v) is 4.29. The molecule has 1 atom stereocenters. The van der Waals surface area contributed by atoms with Crippen molar-refractivity contribution in [2.45, 2.75) is 31.3 Å². The third-order valence-corrected chi connectivity index (χ3v) is 3.13. The van der Waals surface area contributed by atoms with Gasteiger partial charge in [0.25, 0.3) is 0 Å². The van der Waals surface area contributed by atoms with Gasteiger partial charge in [-0.1, -0.05) is 0 Å². The third kappa shape index (κ3) is 1.47. The summed E-state index contributed by atoms with van der Waals surface area (Å²) < 4.78 is 2.03. The number of nitrogens with zero attached hydrogens (tertiary/aromatic N) is 1. The van der Waals surface area contributed by atoms with Crippen LogP contribution in [0.15, 0.2) is 12.4 Å². The van der Waals surface area contributed by atoms with E-state index in [1.165, 1.54) is 5.56 Å². The first kappa shape index (κ1) is 9.74. The molecule has 1 aromatic heterocycles. The molecular formula is C11H18N2O. The molecule has 78 valence electrons. The van der Waals surface area contributed by atoms with Crippen LogP contribution in [0.1, 0.15) is 30.4 Å². The molecule has 1 unspecified atom stereocenters. The van der Waals surface area contributed by atoms with Gasteiger partial charge in [-0.3, -0.25) is 0 Å². The van der Waals surface area contributed by atoms with E-state index in [0.29, 0.717) is 13.0 Å². The Hall–Kier alpha value is -0.800. The first-order chi connectivity index (χ1) is 6.65. The highest BCUT2D eigenvalue weighted by Gasteiger charge is 2.34. The lowest BCUT2D eigenvalue weighted by atomic mass is 9.79. The predicted molar refractivity (Wildman–Crippen MR) is 55.9 cm³/mol. The minimum atomic E-state index is -0.663. The molecule has 0 saturated carbocycles. The largest absolute Gasteiger partial charge is 0.385 e. The fourth-order valence-corrected chi connectivity index (χ4v) is 2.46. The molecule has 2 rings (SSSR count). The molecule has 1 heterocycles. The van der Waals surface area contributed by atoms with E-state index in [1.807, 2.05) is 17.8 Å². The fourth-order valence-electron chi connectivity index (χ4n) is 2.46. The number of aromatic nitrogens is 1. The molecular weight excluding hydrogens is 176 g/mol. The van der Waals surface area contributed by atoms with Crippen LogP contribution in [-0.2, 0) is 19.1 Å². The van der Waals surface area contributed by atoms with Crippen LogP contribution in [0.25, 0.3) is 0 Å². The highest BCUT2D eigenvalue weighted by molar-refractivity contribution is 5.32. The lowest BCUT2D eigenvalue weighted by Gasteiger charge is -2.32. The molecule has 0 aliphatic heterocycles. The van der Waals surface area contributed by atoms with Gasteiger partial charge in [-0.15, -0.1) is 0 Å². The van der Waals surface area contributed by atoms with E-state index >= 15 is 0 Å². The van der Waals surface area contributed by atoms with E-state index in [2.05, 4.69) is 6.20 Å². The lowest BCUT2D eigenvalue weighted by Crippen LogP contribution is -2.32. The Bertz CT molecular complexity index is 332. The summed E-state index contributed by atoms with van der Waals surface area (Å²) in [4.78, 5) is 0. The molecule has 0 aromatic carbocycles. The summed E-state index contributed by atoms with van der Waals surface area (Å²) in [6, 6.07) is 0. The lowest BCUT2D eigenvalue weighted by molar-refractivity contribution is 0.0128. The van der Waals surface area contributed by atoms with Crippen molar-refractivity contribution in [3.05, 3.63) is 23.5 Å². The predicted octanol–water partition coefficient (Wildman–Crippen LogP) is 0.898. The zero-order chi connectivity index (χ0) is 10.2. The third-order valence-electron chi connectivity index (χ3n) is 3.13. The average molecular weight is 194 g/mol. The van der Waals surface area contributed by atoms with E-state index < -0.39 is 5.60 Å². The van der Waals surface area contributed by atoms with Gasteiger partial charge >= 0.3 is 0 Å². The first-order valence-corrected chi connectivity index (χ1v) is 5.23. The van der Waals surface area contributed by atoms with E-state index in [0.717, 1.165) is 24.8 Å². The molecule has 1 aliphatic rings. The van der Waals surface area contributed by atoms with Crippen molar-refractivity contribution in [2.24, 2.45) is 12.8 Å². The van der Waals surface area contributed by atoms with E-state index in [9.17, 15) is 5.11 Å². The summed E-state index contributed by atoms with van der Waals surface area (Å²) in [6.45, 7) is 0.546. The standard InChI is InChI=1S/C11H18N2O/c1-13-7-9-3-2-4-11(14,5-6-12)10(9)8-13/h7-8,14H,2-6,12H2,1H3. The molecule has 1 aliphatic carbocycles. The summed E-state index contributed by atoms with van der Waals surface area (Å²) in [6.07, 6.45) is 7.81. The molecule has 0 fully saturated rings. The van der Waals surface area contributed by atoms with E-state index in [-0.39, 0.29) is 0 Å². The molecule has 3 N–H and O–H groups in total. The van der Waals surface area contributed by atoms with Gasteiger partial charge in [-0.25, -0.2) is 0 Å². The van der Waals surface area contributed by atoms with Crippen molar-refractivity contribution < 1.29 is 5.11 Å². The number of hydrogen-bond acceptors (Lipinski definition) is 2. The summed E-state index contributed by atoms with van der Waals surface area (Å²) in [5, 5.41) is 10.4. The number of aliphatic hydroxyl groups is 1. The van der Waals surface area contributed by atoms with Crippen molar-refractivity contribution in [3.8, 4) is 0 Å². The Labute approximate surface area is 84.5 Å². The number of fused-ring (bicyclic) bond motifs is 1. The molecule has 14 heavy (non-hydrogen) atoms. The maximum atomic E-state index is 10.4. The van der Waals surface area contributed by atoms with Crippen molar-refractivity contribution in [1.29, 1.82) is 0 Å². The van der Waals surface area contributed by atoms with Gasteiger partial charge in [0.1, 0.15) is 0 Å². The van der Waals surface area contributed by atoms with Crippen molar-refractivity contribution >= 4 is 0 Å². The van der Waals surface area contributed by atoms with Crippen LogP contribution in [0.5, 0.6) is 0 Å². The maximum absolute atomic E-state index is 10.4. The van der Waals surface area contributed by atoms with Gasteiger partial charge < -0.3 is 15.4 Å². The monoisotopic (exact) mass is 194 g/mol. The second kappa shape index (κ2) is 3.41. The quantitative estimate of drug-likeness (QED) is 0.735. The smallest absolute Gasteiger partial charge is 0.0925 e.